The zero-order valence-corrected chi connectivity index (χ0v) is 10.9. The van der Waals surface area contributed by atoms with Gasteiger partial charge in [0, 0.05) is 19.4 Å². The summed E-state index contributed by atoms with van der Waals surface area (Å²) in [6, 6.07) is 0. The Hall–Kier alpha value is -0.200. The van der Waals surface area contributed by atoms with E-state index in [0.29, 0.717) is 32.8 Å². The van der Waals surface area contributed by atoms with Crippen molar-refractivity contribution < 1.29 is 24.1 Å². The van der Waals surface area contributed by atoms with Gasteiger partial charge in [0.25, 0.3) is 0 Å². The molecular formula is C13H22O5. The molecular weight excluding hydrogens is 236 g/mol. The lowest BCUT2D eigenvalue weighted by atomic mass is 9.75. The third-order valence-electron chi connectivity index (χ3n) is 4.81. The second kappa shape index (κ2) is 4.42. The molecule has 2 aliphatic heterocycles. The minimum Gasteiger partial charge on any atom is -0.396 e. The van der Waals surface area contributed by atoms with Gasteiger partial charge in [0.1, 0.15) is 0 Å². The number of rotatable bonds is 3. The van der Waals surface area contributed by atoms with Gasteiger partial charge in [-0.2, -0.15) is 0 Å². The molecule has 1 N–H and O–H groups in total. The number of hydrogen-bond donors (Lipinski definition) is 1. The van der Waals surface area contributed by atoms with E-state index in [2.05, 4.69) is 6.92 Å². The van der Waals surface area contributed by atoms with Crippen LogP contribution in [0.1, 0.15) is 32.6 Å². The minimum absolute atomic E-state index is 0.168. The molecule has 104 valence electrons. The van der Waals surface area contributed by atoms with Gasteiger partial charge in [0.05, 0.1) is 31.8 Å². The van der Waals surface area contributed by atoms with Gasteiger partial charge in [-0.1, -0.05) is 0 Å². The highest BCUT2D eigenvalue weighted by molar-refractivity contribution is 5.10. The fraction of sp³-hybridized carbons (Fsp3) is 1.00. The van der Waals surface area contributed by atoms with Gasteiger partial charge < -0.3 is 24.1 Å². The Morgan fingerprint density at radius 3 is 1.72 bits per heavy atom. The van der Waals surface area contributed by atoms with Crippen LogP contribution < -0.4 is 0 Å². The normalized spacial score (nSPS) is 31.7. The van der Waals surface area contributed by atoms with Gasteiger partial charge in [-0.3, -0.25) is 0 Å². The largest absolute Gasteiger partial charge is 0.396 e. The summed E-state index contributed by atoms with van der Waals surface area (Å²) in [7, 11) is 0. The molecule has 0 bridgehead atoms. The molecule has 18 heavy (non-hydrogen) atoms. The summed E-state index contributed by atoms with van der Waals surface area (Å²) in [5.41, 5.74) is -0.351. The lowest BCUT2D eigenvalue weighted by Crippen LogP contribution is -2.55. The van der Waals surface area contributed by atoms with E-state index < -0.39 is 11.6 Å². The molecule has 0 aromatic carbocycles. The van der Waals surface area contributed by atoms with Gasteiger partial charge >= 0.3 is 0 Å². The molecule has 0 atom stereocenters. The first kappa shape index (κ1) is 12.8. The molecule has 1 saturated carbocycles. The molecule has 5 nitrogen and oxygen atoms in total. The SMILES string of the molecule is CC1(CCCO)C2(CCC13OCCO3)OCCO2. The average Bonchev–Trinajstić information content (AvgIpc) is 3.07. The first-order valence-electron chi connectivity index (χ1n) is 6.85. The van der Waals surface area contributed by atoms with Crippen LogP contribution in [0.5, 0.6) is 0 Å². The van der Waals surface area contributed by atoms with Crippen LogP contribution in [0.25, 0.3) is 0 Å². The third-order valence-corrected chi connectivity index (χ3v) is 4.81. The minimum atomic E-state index is -0.591. The predicted molar refractivity (Wildman–Crippen MR) is 62.9 cm³/mol. The summed E-state index contributed by atoms with van der Waals surface area (Å²) in [4.78, 5) is 0. The summed E-state index contributed by atoms with van der Waals surface area (Å²) in [6.45, 7) is 4.80. The number of ether oxygens (including phenoxy) is 4. The molecule has 5 heteroatoms. The van der Waals surface area contributed by atoms with Gasteiger partial charge in [-0.25, -0.2) is 0 Å². The first-order chi connectivity index (χ1) is 8.68. The van der Waals surface area contributed by atoms with E-state index in [1.54, 1.807) is 0 Å². The van der Waals surface area contributed by atoms with Crippen LogP contribution in [0.4, 0.5) is 0 Å². The molecule has 2 spiro atoms. The van der Waals surface area contributed by atoms with Crippen molar-refractivity contribution in [2.75, 3.05) is 33.0 Å². The van der Waals surface area contributed by atoms with E-state index in [1.165, 1.54) is 0 Å². The zero-order valence-electron chi connectivity index (χ0n) is 10.9. The van der Waals surface area contributed by atoms with E-state index in [-0.39, 0.29) is 12.0 Å². The van der Waals surface area contributed by atoms with E-state index in [4.69, 9.17) is 24.1 Å². The molecule has 0 unspecified atom stereocenters. The highest BCUT2D eigenvalue weighted by Gasteiger charge is 2.70. The lowest BCUT2D eigenvalue weighted by Gasteiger charge is -2.46. The molecule has 0 aromatic rings. The Morgan fingerprint density at radius 2 is 1.33 bits per heavy atom. The molecule has 3 fully saturated rings. The van der Waals surface area contributed by atoms with Crippen molar-refractivity contribution >= 4 is 0 Å². The Labute approximate surface area is 107 Å². The smallest absolute Gasteiger partial charge is 0.179 e. The summed E-state index contributed by atoms with van der Waals surface area (Å²) in [5, 5.41) is 9.14. The van der Waals surface area contributed by atoms with Gasteiger partial charge in [0.2, 0.25) is 0 Å². The predicted octanol–water partition coefficient (Wildman–Crippen LogP) is 1.05. The average molecular weight is 258 g/mol. The second-order valence-corrected chi connectivity index (χ2v) is 5.56. The Balaban J connectivity index is 1.92. The van der Waals surface area contributed by atoms with Gasteiger partial charge in [0.15, 0.2) is 11.6 Å². The van der Waals surface area contributed by atoms with Crippen LogP contribution in [0.2, 0.25) is 0 Å². The van der Waals surface area contributed by atoms with Crippen molar-refractivity contribution in [3.05, 3.63) is 0 Å². The summed E-state index contributed by atoms with van der Waals surface area (Å²) in [5.74, 6) is -1.18. The quantitative estimate of drug-likeness (QED) is 0.820. The van der Waals surface area contributed by atoms with E-state index in [0.717, 1.165) is 19.3 Å². The van der Waals surface area contributed by atoms with E-state index in [9.17, 15) is 0 Å². The summed E-state index contributed by atoms with van der Waals surface area (Å²) < 4.78 is 23.7. The van der Waals surface area contributed by atoms with Crippen LogP contribution in [0, 0.1) is 5.41 Å². The lowest BCUT2D eigenvalue weighted by molar-refractivity contribution is -0.302. The molecule has 0 amide bonds. The fourth-order valence-electron chi connectivity index (χ4n) is 3.82. The van der Waals surface area contributed by atoms with Crippen LogP contribution >= 0.6 is 0 Å². The maximum absolute atomic E-state index is 9.14. The van der Waals surface area contributed by atoms with Crippen LogP contribution in [-0.2, 0) is 18.9 Å². The van der Waals surface area contributed by atoms with E-state index in [1.807, 2.05) is 0 Å². The van der Waals surface area contributed by atoms with Crippen molar-refractivity contribution in [1.82, 2.24) is 0 Å². The standard InChI is InChI=1S/C13H22O5/c1-11(3-2-6-14)12(15-7-8-16-12)4-5-13(11)17-9-10-18-13/h14H,2-10H2,1H3. The number of hydrogen-bond acceptors (Lipinski definition) is 5. The zero-order chi connectivity index (χ0) is 12.7. The van der Waals surface area contributed by atoms with Crippen molar-refractivity contribution in [2.24, 2.45) is 5.41 Å². The maximum atomic E-state index is 9.14. The summed E-state index contributed by atoms with van der Waals surface area (Å²) >= 11 is 0. The molecule has 1 aliphatic carbocycles. The van der Waals surface area contributed by atoms with Crippen LogP contribution in [-0.4, -0.2) is 49.7 Å². The van der Waals surface area contributed by atoms with Crippen molar-refractivity contribution in [3.8, 4) is 0 Å². The molecule has 3 rings (SSSR count). The highest BCUT2D eigenvalue weighted by atomic mass is 16.8. The highest BCUT2D eigenvalue weighted by Crippen LogP contribution is 2.61. The molecule has 3 aliphatic rings. The van der Waals surface area contributed by atoms with Crippen LogP contribution in [0.3, 0.4) is 0 Å². The van der Waals surface area contributed by atoms with Crippen molar-refractivity contribution in [3.63, 3.8) is 0 Å². The van der Waals surface area contributed by atoms with Crippen LogP contribution in [0.15, 0.2) is 0 Å². The first-order valence-corrected chi connectivity index (χ1v) is 6.85. The van der Waals surface area contributed by atoms with Gasteiger partial charge in [-0.15, -0.1) is 0 Å². The van der Waals surface area contributed by atoms with Crippen molar-refractivity contribution in [1.29, 1.82) is 0 Å². The van der Waals surface area contributed by atoms with Crippen molar-refractivity contribution in [2.45, 2.75) is 44.2 Å². The topological polar surface area (TPSA) is 57.2 Å². The number of aliphatic hydroxyl groups is 1. The second-order valence-electron chi connectivity index (χ2n) is 5.56. The Bertz CT molecular complexity index is 281. The monoisotopic (exact) mass is 258 g/mol. The van der Waals surface area contributed by atoms with E-state index >= 15 is 0 Å². The molecule has 2 heterocycles. The molecule has 0 radical (unpaired) electrons. The third kappa shape index (κ3) is 1.51. The van der Waals surface area contributed by atoms with Gasteiger partial charge in [-0.05, 0) is 19.8 Å². The maximum Gasteiger partial charge on any atom is 0.179 e. The number of aliphatic hydroxyl groups excluding tert-OH is 1. The molecule has 2 saturated heterocycles. The Morgan fingerprint density at radius 1 is 0.889 bits per heavy atom. The Kier molecular flexibility index (Phi) is 3.15. The summed E-state index contributed by atoms with van der Waals surface area (Å²) in [6.07, 6.45) is 3.09. The molecule has 0 aromatic heterocycles. The fourth-order valence-corrected chi connectivity index (χ4v) is 3.82.